The van der Waals surface area contributed by atoms with E-state index in [1.807, 2.05) is 0 Å². The Morgan fingerprint density at radius 2 is 1.73 bits per heavy atom. The van der Waals surface area contributed by atoms with Crippen LogP contribution in [0.1, 0.15) is 35.5 Å². The van der Waals surface area contributed by atoms with Gasteiger partial charge in [-0.05, 0) is 17.2 Å². The smallest absolute Gasteiger partial charge is 0.369 e. The zero-order valence-corrected chi connectivity index (χ0v) is 26.9. The van der Waals surface area contributed by atoms with Crippen molar-refractivity contribution in [1.82, 2.24) is 19.5 Å². The number of phosphoric acid groups is 2. The predicted octanol–water partition coefficient (Wildman–Crippen LogP) is 2.57. The van der Waals surface area contributed by atoms with Crippen molar-refractivity contribution in [2.45, 2.75) is 31.8 Å². The molecule has 0 radical (unpaired) electrons. The van der Waals surface area contributed by atoms with E-state index >= 15 is 0 Å². The van der Waals surface area contributed by atoms with Crippen LogP contribution in [0.5, 0.6) is 0 Å². The van der Waals surface area contributed by atoms with Crippen LogP contribution in [0.3, 0.4) is 0 Å². The fourth-order valence-corrected chi connectivity index (χ4v) is 7.28. The quantitative estimate of drug-likeness (QED) is 0.112. The molecule has 7 rings (SSSR count). The van der Waals surface area contributed by atoms with Crippen molar-refractivity contribution < 1.29 is 52.1 Å². The number of imidazole rings is 1. The molecule has 0 spiro atoms. The van der Waals surface area contributed by atoms with Gasteiger partial charge < -0.3 is 35.4 Å². The first-order valence-electron chi connectivity index (χ1n) is 14.5. The highest BCUT2D eigenvalue weighted by Crippen LogP contribution is 2.49. The number of aromatic nitrogens is 4. The summed E-state index contributed by atoms with van der Waals surface area (Å²) in [6, 6.07) is 13.7. The number of amides is 1. The van der Waals surface area contributed by atoms with Crippen molar-refractivity contribution in [2.75, 3.05) is 17.7 Å². The Balaban J connectivity index is 1.51. The number of ether oxygens (including phenoxy) is 1. The van der Waals surface area contributed by atoms with Gasteiger partial charge in [-0.2, -0.15) is 4.98 Å². The number of anilines is 2. The summed E-state index contributed by atoms with van der Waals surface area (Å²) in [5.41, 5.74) is 7.30. The fraction of sp³-hybridized carbons (Fsp3) is 0.207. The molecule has 3 atom stereocenters. The second-order valence-corrected chi connectivity index (χ2v) is 13.8. The number of nitrogens with zero attached hydrogens (tertiary/aromatic N) is 3. The molecular formula is C29H26N6O12P2. The van der Waals surface area contributed by atoms with Crippen LogP contribution >= 0.6 is 15.6 Å². The largest absolute Gasteiger partial charge is 0.469 e. The maximum atomic E-state index is 13.6. The lowest BCUT2D eigenvalue weighted by Crippen LogP contribution is -2.28. The van der Waals surface area contributed by atoms with Gasteiger partial charge >= 0.3 is 15.6 Å². The maximum absolute atomic E-state index is 13.6. The summed E-state index contributed by atoms with van der Waals surface area (Å²) >= 11 is 0. The van der Waals surface area contributed by atoms with Crippen LogP contribution in [0.25, 0.3) is 44.5 Å². The van der Waals surface area contributed by atoms with Gasteiger partial charge in [0.05, 0.1) is 12.3 Å². The number of ketones is 1. The number of nitrogens with one attached hydrogen (secondary N) is 2. The van der Waals surface area contributed by atoms with E-state index in [0.717, 1.165) is 0 Å². The Bertz CT molecular complexity index is 2380. The zero-order chi connectivity index (χ0) is 35.0. The highest BCUT2D eigenvalue weighted by atomic mass is 31.2. The van der Waals surface area contributed by atoms with Crippen LogP contribution in [-0.4, -0.2) is 69.6 Å². The SMILES string of the molecule is CC(=O)Nc1c(-c2nc3c(=O)[nH]c(N)nc3n2[C@H]2C[C@H](OP(=O)(O)O)[C@@H](COP(=O)(O)O)O2)cc2c3c(cccc13)C(=O)c1ccccc1-2. The van der Waals surface area contributed by atoms with E-state index < -0.39 is 52.2 Å². The zero-order valence-electron chi connectivity index (χ0n) is 25.1. The molecule has 2 aromatic heterocycles. The second kappa shape index (κ2) is 11.8. The summed E-state index contributed by atoms with van der Waals surface area (Å²) < 4.78 is 40.2. The van der Waals surface area contributed by atoms with Crippen molar-refractivity contribution in [1.29, 1.82) is 0 Å². The number of benzene rings is 3. The van der Waals surface area contributed by atoms with Crippen molar-refractivity contribution >= 4 is 60.9 Å². The van der Waals surface area contributed by atoms with Crippen molar-refractivity contribution in [3.8, 4) is 22.5 Å². The lowest BCUT2D eigenvalue weighted by molar-refractivity contribution is -0.114. The third kappa shape index (κ3) is 5.99. The van der Waals surface area contributed by atoms with Crippen molar-refractivity contribution in [3.63, 3.8) is 0 Å². The molecule has 18 nitrogen and oxygen atoms in total. The summed E-state index contributed by atoms with van der Waals surface area (Å²) in [6.45, 7) is 0.444. The highest BCUT2D eigenvalue weighted by Gasteiger charge is 2.43. The van der Waals surface area contributed by atoms with E-state index in [9.17, 15) is 43.1 Å². The van der Waals surface area contributed by atoms with Gasteiger partial charge in [0.25, 0.3) is 5.56 Å². The molecule has 3 heterocycles. The number of phosphoric ester groups is 2. The Kier molecular flexibility index (Phi) is 7.91. The number of hydrogen-bond acceptors (Lipinski definition) is 11. The van der Waals surface area contributed by atoms with Gasteiger partial charge in [-0.3, -0.25) is 33.0 Å². The molecule has 0 unspecified atom stereocenters. The Morgan fingerprint density at radius 1 is 1.02 bits per heavy atom. The molecule has 1 aliphatic carbocycles. The third-order valence-electron chi connectivity index (χ3n) is 8.13. The number of nitrogens with two attached hydrogens (primary N) is 1. The average Bonchev–Trinajstić information content (AvgIpc) is 3.58. The van der Waals surface area contributed by atoms with E-state index in [2.05, 4.69) is 24.8 Å². The van der Waals surface area contributed by atoms with E-state index in [1.165, 1.54) is 11.5 Å². The molecular weight excluding hydrogens is 686 g/mol. The molecule has 8 N–H and O–H groups in total. The molecule has 5 aromatic rings. The minimum atomic E-state index is -5.17. The standard InChI is InChI=1S/C29H26N6O12P2/c1-12(36)31-23-15-7-4-8-16-22(15)17(13-5-2-3-6-14(13)25(16)37)9-18(23)26-32-24-27(33-29(30)34-28(24)38)35(26)21-10-19(47-49(42,43)44)20(46-21)11-45-48(39,40)41/h2-9,19-21H,10-11H2,1H3,(H,31,36)(H2,39,40,41)(H2,42,43,44)(H3,30,33,34,38)/t19-,20+,21+/m0/s1. The Labute approximate surface area is 274 Å². The Hall–Kier alpha value is -4.61. The van der Waals surface area contributed by atoms with E-state index in [4.69, 9.17) is 15.0 Å². The summed E-state index contributed by atoms with van der Waals surface area (Å²) in [6.07, 6.45) is -4.57. The van der Waals surface area contributed by atoms with Gasteiger partial charge in [-0.25, -0.2) is 14.1 Å². The van der Waals surface area contributed by atoms with Gasteiger partial charge in [-0.15, -0.1) is 0 Å². The summed E-state index contributed by atoms with van der Waals surface area (Å²) in [5.74, 6) is -1.01. The molecule has 1 aliphatic heterocycles. The minimum Gasteiger partial charge on any atom is -0.369 e. The number of aromatic amines is 1. The molecule has 49 heavy (non-hydrogen) atoms. The van der Waals surface area contributed by atoms with Crippen LogP contribution in [0, 0.1) is 0 Å². The first kappa shape index (κ1) is 32.9. The molecule has 1 amide bonds. The topological polar surface area (TPSA) is 279 Å². The van der Waals surface area contributed by atoms with Crippen LogP contribution in [0.4, 0.5) is 11.6 Å². The third-order valence-corrected chi connectivity index (χ3v) is 9.16. The van der Waals surface area contributed by atoms with Crippen LogP contribution < -0.4 is 16.6 Å². The van der Waals surface area contributed by atoms with Gasteiger partial charge in [0.2, 0.25) is 11.9 Å². The van der Waals surface area contributed by atoms with E-state index in [0.29, 0.717) is 33.0 Å². The number of carbonyl (C=O) groups excluding carboxylic acids is 2. The molecule has 0 bridgehead atoms. The van der Waals surface area contributed by atoms with Crippen LogP contribution in [-0.2, 0) is 27.7 Å². The predicted molar refractivity (Wildman–Crippen MR) is 172 cm³/mol. The number of fused-ring (bicyclic) bond motifs is 3. The molecule has 2 aliphatic rings. The van der Waals surface area contributed by atoms with E-state index in [1.54, 1.807) is 48.5 Å². The fourth-order valence-electron chi connectivity index (χ4n) is 6.36. The lowest BCUT2D eigenvalue weighted by Gasteiger charge is -2.24. The van der Waals surface area contributed by atoms with Crippen LogP contribution in [0.15, 0.2) is 53.3 Å². The average molecular weight is 713 g/mol. The molecule has 1 saturated heterocycles. The molecule has 0 saturated carbocycles. The molecule has 1 fully saturated rings. The maximum Gasteiger partial charge on any atom is 0.469 e. The first-order valence-corrected chi connectivity index (χ1v) is 17.5. The summed E-state index contributed by atoms with van der Waals surface area (Å²) in [4.78, 5) is 88.4. The normalized spacial score (nSPS) is 19.0. The first-order chi connectivity index (χ1) is 23.1. The molecule has 254 valence electrons. The second-order valence-electron chi connectivity index (χ2n) is 11.3. The van der Waals surface area contributed by atoms with Crippen molar-refractivity contribution in [2.24, 2.45) is 0 Å². The monoisotopic (exact) mass is 712 g/mol. The van der Waals surface area contributed by atoms with Gasteiger partial charge in [0.1, 0.15) is 24.3 Å². The van der Waals surface area contributed by atoms with E-state index in [-0.39, 0.29) is 46.4 Å². The van der Waals surface area contributed by atoms with Gasteiger partial charge in [0.15, 0.2) is 16.9 Å². The number of H-pyrrole nitrogens is 1. The number of carbonyl (C=O) groups is 2. The highest BCUT2D eigenvalue weighted by molar-refractivity contribution is 7.46. The molecule has 3 aromatic carbocycles. The number of hydrogen-bond donors (Lipinski definition) is 7. The Morgan fingerprint density at radius 3 is 2.43 bits per heavy atom. The lowest BCUT2D eigenvalue weighted by atomic mass is 9.81. The number of nitrogen functional groups attached to an aromatic ring is 1. The molecule has 20 heteroatoms. The summed E-state index contributed by atoms with van der Waals surface area (Å²) in [5, 5.41) is 3.84. The van der Waals surface area contributed by atoms with Crippen LogP contribution in [0.2, 0.25) is 0 Å². The van der Waals surface area contributed by atoms with Gasteiger partial charge in [-0.1, -0.05) is 42.5 Å². The van der Waals surface area contributed by atoms with Gasteiger partial charge in [0, 0.05) is 40.8 Å². The minimum absolute atomic E-state index is 0.0169. The number of rotatable bonds is 8. The van der Waals surface area contributed by atoms with Crippen molar-refractivity contribution in [3.05, 3.63) is 70.0 Å². The summed E-state index contributed by atoms with van der Waals surface area (Å²) in [7, 11) is -10.2.